The minimum atomic E-state index is -0.214. The van der Waals surface area contributed by atoms with Crippen molar-refractivity contribution in [2.24, 2.45) is 0 Å². The molecule has 0 aliphatic carbocycles. The summed E-state index contributed by atoms with van der Waals surface area (Å²) in [5.74, 6) is 2.51. The Morgan fingerprint density at radius 2 is 1.82 bits per heavy atom. The third kappa shape index (κ3) is 3.78. The van der Waals surface area contributed by atoms with Crippen LogP contribution < -0.4 is 19.5 Å². The van der Waals surface area contributed by atoms with Crippen molar-refractivity contribution < 1.29 is 23.5 Å². The summed E-state index contributed by atoms with van der Waals surface area (Å²) in [7, 11) is 0. The lowest BCUT2D eigenvalue weighted by molar-refractivity contribution is 0.102. The van der Waals surface area contributed by atoms with Crippen LogP contribution in [0.5, 0.6) is 17.2 Å². The number of aryl methyl sites for hydroxylation is 2. The van der Waals surface area contributed by atoms with Gasteiger partial charge in [-0.15, -0.1) is 0 Å². The first-order valence-corrected chi connectivity index (χ1v) is 8.96. The Morgan fingerprint density at radius 1 is 1.07 bits per heavy atom. The number of ether oxygens (including phenoxy) is 3. The number of amides is 1. The monoisotopic (exact) mass is 380 g/mol. The van der Waals surface area contributed by atoms with Gasteiger partial charge in [0.1, 0.15) is 31.3 Å². The molecule has 0 spiro atoms. The van der Waals surface area contributed by atoms with E-state index in [0.29, 0.717) is 48.3 Å². The quantitative estimate of drug-likeness (QED) is 0.723. The van der Waals surface area contributed by atoms with E-state index in [9.17, 15) is 4.79 Å². The predicted octanol–water partition coefficient (Wildman–Crippen LogP) is 3.89. The van der Waals surface area contributed by atoms with Crippen molar-refractivity contribution in [1.29, 1.82) is 0 Å². The number of rotatable bonds is 5. The Kier molecular flexibility index (Phi) is 4.89. The average Bonchev–Trinajstić information content (AvgIpc) is 3.04. The molecule has 1 aliphatic heterocycles. The number of benzene rings is 2. The van der Waals surface area contributed by atoms with Gasteiger partial charge in [-0.25, -0.2) is 0 Å². The maximum absolute atomic E-state index is 12.5. The van der Waals surface area contributed by atoms with Crippen molar-refractivity contribution in [2.75, 3.05) is 18.5 Å². The van der Waals surface area contributed by atoms with Crippen LogP contribution in [0, 0.1) is 13.8 Å². The molecule has 1 aliphatic rings. The van der Waals surface area contributed by atoms with Crippen molar-refractivity contribution >= 4 is 11.6 Å². The van der Waals surface area contributed by atoms with Gasteiger partial charge in [0.25, 0.3) is 5.91 Å². The highest BCUT2D eigenvalue weighted by molar-refractivity contribution is 6.04. The Bertz CT molecular complexity index is 975. The molecule has 28 heavy (non-hydrogen) atoms. The first-order chi connectivity index (χ1) is 13.6. The number of fused-ring (bicyclic) bond motifs is 1. The van der Waals surface area contributed by atoms with E-state index in [1.54, 1.807) is 42.5 Å². The normalized spacial score (nSPS) is 12.5. The van der Waals surface area contributed by atoms with E-state index < -0.39 is 0 Å². The Labute approximate surface area is 162 Å². The molecular formula is C21H20N2O5. The van der Waals surface area contributed by atoms with Crippen LogP contribution in [0.25, 0.3) is 0 Å². The second-order valence-electron chi connectivity index (χ2n) is 6.43. The molecule has 7 heteroatoms. The number of nitrogens with zero attached hydrogens (tertiary/aromatic N) is 1. The van der Waals surface area contributed by atoms with Crippen molar-refractivity contribution in [2.45, 2.75) is 20.5 Å². The molecule has 0 unspecified atom stereocenters. The van der Waals surface area contributed by atoms with Crippen molar-refractivity contribution in [3.05, 3.63) is 65.0 Å². The van der Waals surface area contributed by atoms with Crippen molar-refractivity contribution in [1.82, 2.24) is 5.16 Å². The van der Waals surface area contributed by atoms with E-state index in [2.05, 4.69) is 10.5 Å². The summed E-state index contributed by atoms with van der Waals surface area (Å²) in [6, 6.07) is 12.3. The molecular weight excluding hydrogens is 360 g/mol. The largest absolute Gasteiger partial charge is 0.489 e. The van der Waals surface area contributed by atoms with Gasteiger partial charge in [-0.2, -0.15) is 0 Å². The molecule has 0 saturated heterocycles. The molecule has 2 aromatic carbocycles. The summed E-state index contributed by atoms with van der Waals surface area (Å²) in [5, 5.41) is 6.77. The summed E-state index contributed by atoms with van der Waals surface area (Å²) in [5.41, 5.74) is 2.92. The highest BCUT2D eigenvalue weighted by Crippen LogP contribution is 2.32. The predicted molar refractivity (Wildman–Crippen MR) is 102 cm³/mol. The summed E-state index contributed by atoms with van der Waals surface area (Å²) in [6.07, 6.45) is 0. The average molecular weight is 380 g/mol. The van der Waals surface area contributed by atoms with E-state index >= 15 is 0 Å². The number of hydrogen-bond donors (Lipinski definition) is 1. The Hall–Kier alpha value is -3.48. The summed E-state index contributed by atoms with van der Waals surface area (Å²) >= 11 is 0. The fourth-order valence-corrected chi connectivity index (χ4v) is 2.89. The van der Waals surface area contributed by atoms with Crippen molar-refractivity contribution in [3.8, 4) is 17.2 Å². The van der Waals surface area contributed by atoms with E-state index in [1.165, 1.54) is 0 Å². The lowest BCUT2D eigenvalue weighted by Gasteiger charge is -2.19. The number of nitrogens with one attached hydrogen (secondary N) is 1. The third-order valence-corrected chi connectivity index (χ3v) is 4.48. The molecule has 0 bridgehead atoms. The number of anilines is 1. The highest BCUT2D eigenvalue weighted by atomic mass is 16.6. The molecule has 4 rings (SSSR count). The number of aromatic nitrogens is 1. The SMILES string of the molecule is Cc1noc(C)c1COc1ccc(C(=O)Nc2ccc3c(c2)OCCO3)cc1. The maximum Gasteiger partial charge on any atom is 0.255 e. The van der Waals surface area contributed by atoms with Gasteiger partial charge in [0, 0.05) is 17.3 Å². The molecule has 0 fully saturated rings. The molecule has 7 nitrogen and oxygen atoms in total. The smallest absolute Gasteiger partial charge is 0.255 e. The van der Waals surface area contributed by atoms with Crippen LogP contribution in [0.3, 0.4) is 0 Å². The van der Waals surface area contributed by atoms with Crippen LogP contribution in [0.4, 0.5) is 5.69 Å². The lowest BCUT2D eigenvalue weighted by atomic mass is 10.2. The van der Waals surface area contributed by atoms with Gasteiger partial charge in [-0.05, 0) is 50.2 Å². The van der Waals surface area contributed by atoms with Gasteiger partial charge >= 0.3 is 0 Å². The van der Waals surface area contributed by atoms with Crippen LogP contribution >= 0.6 is 0 Å². The molecule has 3 aromatic rings. The summed E-state index contributed by atoms with van der Waals surface area (Å²) < 4.78 is 21.9. The number of carbonyl (C=O) groups is 1. The zero-order valence-electron chi connectivity index (χ0n) is 15.7. The van der Waals surface area contributed by atoms with Crippen LogP contribution in [0.1, 0.15) is 27.4 Å². The first-order valence-electron chi connectivity index (χ1n) is 8.96. The van der Waals surface area contributed by atoms with Crippen LogP contribution in [0.15, 0.2) is 47.0 Å². The van der Waals surface area contributed by atoms with Gasteiger partial charge in [-0.3, -0.25) is 4.79 Å². The van der Waals surface area contributed by atoms with E-state index in [4.69, 9.17) is 18.7 Å². The molecule has 1 amide bonds. The van der Waals surface area contributed by atoms with Crippen LogP contribution in [-0.4, -0.2) is 24.3 Å². The standard InChI is InChI=1S/C21H20N2O5/c1-13-18(14(2)28-23-13)12-27-17-6-3-15(4-7-17)21(24)22-16-5-8-19-20(11-16)26-10-9-25-19/h3-8,11H,9-10,12H2,1-2H3,(H,22,24). The minimum Gasteiger partial charge on any atom is -0.489 e. The van der Waals surface area contributed by atoms with Crippen LogP contribution in [-0.2, 0) is 6.61 Å². The van der Waals surface area contributed by atoms with Gasteiger partial charge in [0.2, 0.25) is 0 Å². The molecule has 144 valence electrons. The van der Waals surface area contributed by atoms with Gasteiger partial charge in [0.05, 0.1) is 11.3 Å². The molecule has 1 aromatic heterocycles. The lowest BCUT2D eigenvalue weighted by Crippen LogP contribution is -2.16. The molecule has 0 radical (unpaired) electrons. The second kappa shape index (κ2) is 7.64. The number of hydrogen-bond acceptors (Lipinski definition) is 6. The zero-order chi connectivity index (χ0) is 19.5. The van der Waals surface area contributed by atoms with E-state index in [-0.39, 0.29) is 5.91 Å². The Morgan fingerprint density at radius 3 is 2.54 bits per heavy atom. The number of carbonyl (C=O) groups excluding carboxylic acids is 1. The molecule has 2 heterocycles. The summed E-state index contributed by atoms with van der Waals surface area (Å²) in [6.45, 7) is 5.12. The Balaban J connectivity index is 1.38. The fourth-order valence-electron chi connectivity index (χ4n) is 2.89. The third-order valence-electron chi connectivity index (χ3n) is 4.48. The van der Waals surface area contributed by atoms with E-state index in [1.807, 2.05) is 13.8 Å². The molecule has 0 atom stereocenters. The van der Waals surface area contributed by atoms with E-state index in [0.717, 1.165) is 17.0 Å². The molecule has 1 N–H and O–H groups in total. The molecule has 0 saturated carbocycles. The fraction of sp³-hybridized carbons (Fsp3) is 0.238. The minimum absolute atomic E-state index is 0.214. The summed E-state index contributed by atoms with van der Waals surface area (Å²) in [4.78, 5) is 12.5. The van der Waals surface area contributed by atoms with Gasteiger partial charge in [0.15, 0.2) is 11.5 Å². The first kappa shape index (κ1) is 17.9. The second-order valence-corrected chi connectivity index (χ2v) is 6.43. The highest BCUT2D eigenvalue weighted by Gasteiger charge is 2.14. The van der Waals surface area contributed by atoms with Gasteiger partial charge < -0.3 is 24.1 Å². The van der Waals surface area contributed by atoms with Crippen LogP contribution in [0.2, 0.25) is 0 Å². The van der Waals surface area contributed by atoms with Crippen molar-refractivity contribution in [3.63, 3.8) is 0 Å². The van der Waals surface area contributed by atoms with Gasteiger partial charge in [-0.1, -0.05) is 5.16 Å². The maximum atomic E-state index is 12.5. The zero-order valence-corrected chi connectivity index (χ0v) is 15.7. The topological polar surface area (TPSA) is 82.8 Å².